The number of rotatable bonds is 6. The van der Waals surface area contributed by atoms with Gasteiger partial charge in [-0.2, -0.15) is 0 Å². The van der Waals surface area contributed by atoms with Gasteiger partial charge in [-0.05, 0) is 36.8 Å². The Bertz CT molecular complexity index is 1040. The van der Waals surface area contributed by atoms with E-state index in [-0.39, 0.29) is 5.57 Å². The van der Waals surface area contributed by atoms with Crippen molar-refractivity contribution in [1.82, 2.24) is 19.6 Å². The predicted molar refractivity (Wildman–Crippen MR) is 115 cm³/mol. The van der Waals surface area contributed by atoms with Crippen molar-refractivity contribution in [3.63, 3.8) is 0 Å². The van der Waals surface area contributed by atoms with Crippen molar-refractivity contribution >= 4 is 34.2 Å². The van der Waals surface area contributed by atoms with Crippen LogP contribution < -0.4 is 5.32 Å². The third kappa shape index (κ3) is 5.96. The zero-order valence-electron chi connectivity index (χ0n) is 16.4. The molecule has 0 unspecified atom stereocenters. The lowest BCUT2D eigenvalue weighted by molar-refractivity contribution is 0.190. The van der Waals surface area contributed by atoms with Crippen molar-refractivity contribution in [2.75, 3.05) is 5.32 Å². The van der Waals surface area contributed by atoms with E-state index in [9.17, 15) is 8.78 Å². The van der Waals surface area contributed by atoms with Gasteiger partial charge in [-0.15, -0.1) is 5.10 Å². The number of pyridine rings is 1. The maximum Gasteiger partial charge on any atom is 0.259 e. The molecule has 0 aliphatic heterocycles. The summed E-state index contributed by atoms with van der Waals surface area (Å²) in [5.41, 5.74) is 1.94. The van der Waals surface area contributed by atoms with E-state index in [2.05, 4.69) is 27.0 Å². The monoisotopic (exact) mass is 417 g/mol. The van der Waals surface area contributed by atoms with E-state index < -0.39 is 6.43 Å². The van der Waals surface area contributed by atoms with Gasteiger partial charge < -0.3 is 5.32 Å². The van der Waals surface area contributed by atoms with Gasteiger partial charge in [-0.25, -0.2) is 23.3 Å². The summed E-state index contributed by atoms with van der Waals surface area (Å²) in [6.45, 7) is 9.28. The Morgan fingerprint density at radius 2 is 2.07 bits per heavy atom. The van der Waals surface area contributed by atoms with E-state index in [1.54, 1.807) is 35.1 Å². The Balaban J connectivity index is 0.00000145. The Morgan fingerprint density at radius 1 is 1.31 bits per heavy atom. The van der Waals surface area contributed by atoms with E-state index >= 15 is 0 Å². The molecular formula is C21H22ClF2N5. The topological polar surface area (TPSA) is 55.1 Å². The van der Waals surface area contributed by atoms with Crippen LogP contribution >= 0.6 is 11.6 Å². The first kappa shape index (κ1) is 22.2. The maximum atomic E-state index is 12.5. The summed E-state index contributed by atoms with van der Waals surface area (Å²) in [7, 11) is 0. The van der Waals surface area contributed by atoms with Crippen LogP contribution in [0.4, 0.5) is 20.3 Å². The zero-order valence-corrected chi connectivity index (χ0v) is 17.2. The second kappa shape index (κ2) is 10.5. The van der Waals surface area contributed by atoms with Crippen LogP contribution in [0.25, 0.3) is 11.1 Å². The number of fused-ring (bicyclic) bond motifs is 1. The van der Waals surface area contributed by atoms with Crippen LogP contribution in [0.5, 0.6) is 0 Å². The molecule has 0 fully saturated rings. The van der Waals surface area contributed by atoms with Crippen LogP contribution in [0.2, 0.25) is 5.15 Å². The number of nitrogens with one attached hydrogen (secondary N) is 1. The number of allylic oxidation sites excluding steroid dienone is 5. The number of nitrogens with zero attached hydrogens (tertiary/aromatic N) is 4. The summed E-state index contributed by atoms with van der Waals surface area (Å²) in [6, 6.07) is 7.14. The van der Waals surface area contributed by atoms with Crippen molar-refractivity contribution in [3.8, 4) is 0 Å². The van der Waals surface area contributed by atoms with Crippen molar-refractivity contribution in [2.24, 2.45) is 0 Å². The summed E-state index contributed by atoms with van der Waals surface area (Å²) in [6.07, 6.45) is 5.30. The minimum absolute atomic E-state index is 0.0299. The molecule has 0 aromatic carbocycles. The molecule has 8 heteroatoms. The van der Waals surface area contributed by atoms with Gasteiger partial charge in [0.1, 0.15) is 10.7 Å². The number of aromatic nitrogens is 4. The minimum Gasteiger partial charge on any atom is -0.338 e. The van der Waals surface area contributed by atoms with Gasteiger partial charge in [-0.1, -0.05) is 50.3 Å². The number of halogens is 3. The zero-order chi connectivity index (χ0) is 21.4. The largest absolute Gasteiger partial charge is 0.338 e. The van der Waals surface area contributed by atoms with Crippen molar-refractivity contribution in [1.29, 1.82) is 0 Å². The van der Waals surface area contributed by atoms with E-state index in [0.29, 0.717) is 22.4 Å². The SMILES string of the molecule is C=C(/C=C\C=C(/C)C(F)F)c1nc(Nc2ccnc(Cl)c2)c2cccn2n1.CC. The molecular weight excluding hydrogens is 396 g/mol. The van der Waals surface area contributed by atoms with Gasteiger partial charge in [0.25, 0.3) is 6.43 Å². The molecule has 29 heavy (non-hydrogen) atoms. The first-order chi connectivity index (χ1) is 13.9. The van der Waals surface area contributed by atoms with Gasteiger partial charge in [0.2, 0.25) is 0 Å². The fourth-order valence-electron chi connectivity index (χ4n) is 2.24. The summed E-state index contributed by atoms with van der Waals surface area (Å²) in [5.74, 6) is 0.918. The molecule has 0 aliphatic rings. The van der Waals surface area contributed by atoms with Crippen LogP contribution in [-0.2, 0) is 0 Å². The number of hydrogen-bond donors (Lipinski definition) is 1. The molecule has 3 aromatic rings. The highest BCUT2D eigenvalue weighted by atomic mass is 35.5. The highest BCUT2D eigenvalue weighted by Gasteiger charge is 2.10. The number of anilines is 2. The van der Waals surface area contributed by atoms with Gasteiger partial charge in [-0.3, -0.25) is 0 Å². The van der Waals surface area contributed by atoms with Crippen LogP contribution in [0.1, 0.15) is 26.6 Å². The van der Waals surface area contributed by atoms with E-state index in [1.165, 1.54) is 19.1 Å². The Hall–Kier alpha value is -3.06. The molecule has 5 nitrogen and oxygen atoms in total. The highest BCUT2D eigenvalue weighted by molar-refractivity contribution is 6.29. The predicted octanol–water partition coefficient (Wildman–Crippen LogP) is 6.33. The summed E-state index contributed by atoms with van der Waals surface area (Å²) in [4.78, 5) is 8.45. The van der Waals surface area contributed by atoms with E-state index in [1.807, 2.05) is 26.0 Å². The smallest absolute Gasteiger partial charge is 0.259 e. The quantitative estimate of drug-likeness (QED) is 0.376. The van der Waals surface area contributed by atoms with E-state index in [0.717, 1.165) is 11.2 Å². The molecule has 0 aliphatic carbocycles. The Kier molecular flexibility index (Phi) is 8.03. The molecule has 0 atom stereocenters. The lowest BCUT2D eigenvalue weighted by atomic mass is 10.2. The average Bonchev–Trinajstić information content (AvgIpc) is 3.18. The van der Waals surface area contributed by atoms with Gasteiger partial charge >= 0.3 is 0 Å². The second-order valence-electron chi connectivity index (χ2n) is 5.71. The summed E-state index contributed by atoms with van der Waals surface area (Å²) >= 11 is 5.92. The van der Waals surface area contributed by atoms with Crippen molar-refractivity contribution in [3.05, 3.63) is 78.0 Å². The van der Waals surface area contributed by atoms with Gasteiger partial charge in [0, 0.05) is 23.7 Å². The molecule has 0 saturated heterocycles. The molecule has 3 rings (SSSR count). The normalized spacial score (nSPS) is 11.6. The van der Waals surface area contributed by atoms with Crippen LogP contribution in [0.15, 0.2) is 67.0 Å². The number of hydrogen-bond acceptors (Lipinski definition) is 4. The first-order valence-electron chi connectivity index (χ1n) is 9.00. The molecule has 3 heterocycles. The molecule has 0 saturated carbocycles. The fraction of sp³-hybridized carbons (Fsp3) is 0.190. The van der Waals surface area contributed by atoms with Crippen LogP contribution in [0, 0.1) is 0 Å². The molecule has 0 amide bonds. The van der Waals surface area contributed by atoms with Gasteiger partial charge in [0.15, 0.2) is 11.6 Å². The summed E-state index contributed by atoms with van der Waals surface area (Å²) < 4.78 is 26.7. The molecule has 0 radical (unpaired) electrons. The average molecular weight is 418 g/mol. The lowest BCUT2D eigenvalue weighted by Gasteiger charge is -2.10. The fourth-order valence-corrected chi connectivity index (χ4v) is 2.42. The lowest BCUT2D eigenvalue weighted by Crippen LogP contribution is -2.04. The molecule has 152 valence electrons. The second-order valence-corrected chi connectivity index (χ2v) is 6.10. The third-order valence-corrected chi connectivity index (χ3v) is 3.87. The van der Waals surface area contributed by atoms with Crippen molar-refractivity contribution < 1.29 is 8.78 Å². The molecule has 1 N–H and O–H groups in total. The maximum absolute atomic E-state index is 12.5. The third-order valence-electron chi connectivity index (χ3n) is 3.67. The van der Waals surface area contributed by atoms with Crippen LogP contribution in [-0.4, -0.2) is 26.0 Å². The Morgan fingerprint density at radius 3 is 2.76 bits per heavy atom. The molecule has 3 aromatic heterocycles. The standard InChI is InChI=1S/C19H16ClF2N5.C2H6/c1-12(17(21)22)5-3-6-13(2)18-25-19(15-7-4-10-27(15)26-18)24-14-8-9-23-16(20)11-14;1-2/h3-11,17H,2H2,1H3,(H,23,24,25,26);1-2H3/b6-3-,12-5+;. The Labute approximate surface area is 173 Å². The highest BCUT2D eigenvalue weighted by Crippen LogP contribution is 2.23. The minimum atomic E-state index is -2.49. The molecule has 0 bridgehead atoms. The number of alkyl halides is 2. The van der Waals surface area contributed by atoms with E-state index in [4.69, 9.17) is 11.6 Å². The first-order valence-corrected chi connectivity index (χ1v) is 9.38. The van der Waals surface area contributed by atoms with Crippen LogP contribution in [0.3, 0.4) is 0 Å². The van der Waals surface area contributed by atoms with Gasteiger partial charge in [0.05, 0.1) is 0 Å². The van der Waals surface area contributed by atoms with Crippen molar-refractivity contribution in [2.45, 2.75) is 27.2 Å². The summed E-state index contributed by atoms with van der Waals surface area (Å²) in [5, 5.41) is 7.94. The molecule has 0 spiro atoms.